The minimum atomic E-state index is -3.68. The average Bonchev–Trinajstić information content (AvgIpc) is 3.02. The number of sulfonamides is 1. The molecular formula is C13H19NO5S3. The van der Waals surface area contributed by atoms with E-state index in [9.17, 15) is 13.2 Å². The van der Waals surface area contributed by atoms with E-state index < -0.39 is 16.0 Å². The van der Waals surface area contributed by atoms with Crippen molar-refractivity contribution in [2.45, 2.75) is 23.0 Å². The van der Waals surface area contributed by atoms with Gasteiger partial charge in [-0.05, 0) is 24.3 Å². The summed E-state index contributed by atoms with van der Waals surface area (Å²) in [5.41, 5.74) is 0. The Bertz CT molecular complexity index is 593. The molecule has 0 spiro atoms. The lowest BCUT2D eigenvalue weighted by Crippen LogP contribution is -2.28. The molecule has 0 bridgehead atoms. The zero-order chi connectivity index (χ0) is 16.0. The third-order valence-corrected chi connectivity index (χ3v) is 7.12. The summed E-state index contributed by atoms with van der Waals surface area (Å²) >= 11 is 2.81. The van der Waals surface area contributed by atoms with Crippen LogP contribution in [0.3, 0.4) is 0 Å². The number of nitrogens with one attached hydrogen (secondary N) is 1. The molecule has 1 N–H and O–H groups in total. The number of ether oxygens (including phenoxy) is 2. The number of hydrogen-bond donors (Lipinski definition) is 1. The molecule has 1 aromatic rings. The van der Waals surface area contributed by atoms with Gasteiger partial charge in [0, 0.05) is 30.8 Å². The van der Waals surface area contributed by atoms with Crippen molar-refractivity contribution in [1.29, 1.82) is 0 Å². The molecule has 9 heteroatoms. The molecule has 2 rings (SSSR count). The van der Waals surface area contributed by atoms with Gasteiger partial charge in [-0.1, -0.05) is 0 Å². The van der Waals surface area contributed by atoms with E-state index in [2.05, 4.69) is 9.46 Å². The lowest BCUT2D eigenvalue weighted by molar-refractivity contribution is 0.0602. The first kappa shape index (κ1) is 17.7. The molecule has 0 radical (unpaired) electrons. The Morgan fingerprint density at radius 2 is 2.23 bits per heavy atom. The number of methoxy groups -OCH3 is 1. The van der Waals surface area contributed by atoms with E-state index in [0.29, 0.717) is 17.5 Å². The van der Waals surface area contributed by atoms with Crippen LogP contribution in [0.1, 0.15) is 22.5 Å². The Morgan fingerprint density at radius 1 is 1.50 bits per heavy atom. The quantitative estimate of drug-likeness (QED) is 0.585. The largest absolute Gasteiger partial charge is 0.465 e. The van der Waals surface area contributed by atoms with Crippen LogP contribution in [0.4, 0.5) is 0 Å². The van der Waals surface area contributed by atoms with Crippen LogP contribution in [-0.2, 0) is 19.5 Å². The van der Waals surface area contributed by atoms with E-state index in [1.54, 1.807) is 17.1 Å². The molecule has 1 saturated heterocycles. The van der Waals surface area contributed by atoms with Crippen LogP contribution in [0.5, 0.6) is 0 Å². The van der Waals surface area contributed by atoms with E-state index >= 15 is 0 Å². The highest BCUT2D eigenvalue weighted by Gasteiger charge is 2.24. The van der Waals surface area contributed by atoms with Crippen LogP contribution in [0, 0.1) is 0 Å². The summed E-state index contributed by atoms with van der Waals surface area (Å²) < 4.78 is 36.9. The standard InChI is InChI=1S/C13H19NO5S3/c1-18-13(15)12-11(4-8-21-12)22(16,17)14-5-9-20-10-2-6-19-7-3-10/h4,8,10,14H,2-3,5-7,9H2,1H3. The Labute approximate surface area is 138 Å². The number of carbonyl (C=O) groups is 1. The minimum Gasteiger partial charge on any atom is -0.465 e. The van der Waals surface area contributed by atoms with E-state index in [1.165, 1.54) is 13.2 Å². The van der Waals surface area contributed by atoms with Crippen LogP contribution in [0.15, 0.2) is 16.3 Å². The van der Waals surface area contributed by atoms with Gasteiger partial charge < -0.3 is 9.47 Å². The zero-order valence-corrected chi connectivity index (χ0v) is 14.7. The maximum Gasteiger partial charge on any atom is 0.349 e. The van der Waals surface area contributed by atoms with Gasteiger partial charge in [-0.15, -0.1) is 11.3 Å². The number of esters is 1. The second-order valence-corrected chi connectivity index (χ2v) is 8.75. The van der Waals surface area contributed by atoms with Gasteiger partial charge in [0.25, 0.3) is 0 Å². The Morgan fingerprint density at radius 3 is 2.91 bits per heavy atom. The molecule has 124 valence electrons. The number of hydrogen-bond acceptors (Lipinski definition) is 7. The van der Waals surface area contributed by atoms with Gasteiger partial charge in [0.1, 0.15) is 9.77 Å². The second kappa shape index (κ2) is 8.30. The normalized spacial score (nSPS) is 16.6. The molecule has 0 unspecified atom stereocenters. The molecule has 0 aliphatic carbocycles. The summed E-state index contributed by atoms with van der Waals surface area (Å²) in [6.07, 6.45) is 2.02. The predicted octanol–water partition coefficient (Wildman–Crippen LogP) is 1.73. The van der Waals surface area contributed by atoms with Crippen molar-refractivity contribution >= 4 is 39.1 Å². The van der Waals surface area contributed by atoms with Gasteiger partial charge in [-0.2, -0.15) is 11.8 Å². The summed E-state index contributed by atoms with van der Waals surface area (Å²) in [5.74, 6) is 0.0636. The van der Waals surface area contributed by atoms with E-state index in [0.717, 1.165) is 37.4 Å². The van der Waals surface area contributed by atoms with Gasteiger partial charge in [-0.3, -0.25) is 0 Å². The predicted molar refractivity (Wildman–Crippen MR) is 87.1 cm³/mol. The molecule has 1 aromatic heterocycles. The monoisotopic (exact) mass is 365 g/mol. The molecule has 0 amide bonds. The fourth-order valence-electron chi connectivity index (χ4n) is 2.07. The molecule has 0 saturated carbocycles. The highest BCUT2D eigenvalue weighted by Crippen LogP contribution is 2.24. The van der Waals surface area contributed by atoms with Crippen molar-refractivity contribution in [1.82, 2.24) is 4.72 Å². The number of thiophene rings is 1. The van der Waals surface area contributed by atoms with Crippen molar-refractivity contribution in [2.24, 2.45) is 0 Å². The first-order valence-electron chi connectivity index (χ1n) is 6.89. The Hall–Kier alpha value is -0.610. The van der Waals surface area contributed by atoms with Crippen LogP contribution in [0.2, 0.25) is 0 Å². The van der Waals surface area contributed by atoms with Crippen molar-refractivity contribution in [3.05, 3.63) is 16.3 Å². The molecule has 1 aliphatic rings. The third kappa shape index (κ3) is 4.69. The van der Waals surface area contributed by atoms with Gasteiger partial charge >= 0.3 is 5.97 Å². The van der Waals surface area contributed by atoms with Crippen molar-refractivity contribution in [2.75, 3.05) is 32.6 Å². The minimum absolute atomic E-state index is 0.0135. The third-order valence-electron chi connectivity index (χ3n) is 3.21. The fraction of sp³-hybridized carbons (Fsp3) is 0.615. The summed E-state index contributed by atoms with van der Waals surface area (Å²) in [5, 5.41) is 2.10. The summed E-state index contributed by atoms with van der Waals surface area (Å²) in [6.45, 7) is 1.89. The van der Waals surface area contributed by atoms with E-state index in [1.807, 2.05) is 0 Å². The Kier molecular flexibility index (Phi) is 6.69. The summed E-state index contributed by atoms with van der Waals surface area (Å²) in [6, 6.07) is 1.42. The molecule has 1 fully saturated rings. The van der Waals surface area contributed by atoms with Gasteiger partial charge in [0.05, 0.1) is 7.11 Å². The van der Waals surface area contributed by atoms with Gasteiger partial charge in [0.2, 0.25) is 10.0 Å². The van der Waals surface area contributed by atoms with Crippen molar-refractivity contribution in [3.63, 3.8) is 0 Å². The number of thioether (sulfide) groups is 1. The molecule has 6 nitrogen and oxygen atoms in total. The first-order chi connectivity index (χ1) is 10.5. The number of carbonyl (C=O) groups excluding carboxylic acids is 1. The summed E-state index contributed by atoms with van der Waals surface area (Å²) in [4.78, 5) is 11.6. The van der Waals surface area contributed by atoms with Crippen LogP contribution in [-0.4, -0.2) is 52.3 Å². The highest BCUT2D eigenvalue weighted by molar-refractivity contribution is 8.00. The van der Waals surface area contributed by atoms with E-state index in [-0.39, 0.29) is 9.77 Å². The molecule has 22 heavy (non-hydrogen) atoms. The fourth-order valence-corrected chi connectivity index (χ4v) is 5.65. The van der Waals surface area contributed by atoms with E-state index in [4.69, 9.17) is 4.74 Å². The second-order valence-electron chi connectivity index (χ2n) is 4.69. The highest BCUT2D eigenvalue weighted by atomic mass is 32.2. The molecular weight excluding hydrogens is 346 g/mol. The molecule has 0 atom stereocenters. The van der Waals surface area contributed by atoms with Crippen molar-refractivity contribution < 1.29 is 22.7 Å². The lowest BCUT2D eigenvalue weighted by Gasteiger charge is -2.21. The molecule has 2 heterocycles. The van der Waals surface area contributed by atoms with Gasteiger partial charge in [0.15, 0.2) is 0 Å². The van der Waals surface area contributed by atoms with Crippen LogP contribution >= 0.6 is 23.1 Å². The van der Waals surface area contributed by atoms with Crippen molar-refractivity contribution in [3.8, 4) is 0 Å². The first-order valence-corrected chi connectivity index (χ1v) is 10.3. The molecule has 0 aromatic carbocycles. The maximum atomic E-state index is 12.2. The summed E-state index contributed by atoms with van der Waals surface area (Å²) in [7, 11) is -2.45. The Balaban J connectivity index is 1.86. The van der Waals surface area contributed by atoms with Crippen LogP contribution in [0.25, 0.3) is 0 Å². The van der Waals surface area contributed by atoms with Gasteiger partial charge in [-0.25, -0.2) is 17.9 Å². The zero-order valence-electron chi connectivity index (χ0n) is 12.2. The van der Waals surface area contributed by atoms with Crippen LogP contribution < -0.4 is 4.72 Å². The smallest absolute Gasteiger partial charge is 0.349 e. The lowest BCUT2D eigenvalue weighted by atomic mass is 10.2. The molecule has 1 aliphatic heterocycles. The number of rotatable bonds is 7. The average molecular weight is 365 g/mol. The topological polar surface area (TPSA) is 81.7 Å². The SMILES string of the molecule is COC(=O)c1sccc1S(=O)(=O)NCCSC1CCOCC1. The maximum absolute atomic E-state index is 12.2.